The van der Waals surface area contributed by atoms with E-state index in [9.17, 15) is 14.4 Å². The molecule has 25 heavy (non-hydrogen) atoms. The van der Waals surface area contributed by atoms with Gasteiger partial charge in [-0.2, -0.15) is 0 Å². The lowest BCUT2D eigenvalue weighted by Crippen LogP contribution is -2.46. The van der Waals surface area contributed by atoms with E-state index in [4.69, 9.17) is 34.8 Å². The first-order chi connectivity index (χ1) is 11.8. The molecule has 1 saturated heterocycles. The van der Waals surface area contributed by atoms with E-state index < -0.39 is 23.8 Å². The molecule has 0 radical (unpaired) electrons. The summed E-state index contributed by atoms with van der Waals surface area (Å²) in [6, 6.07) is 3.72. The zero-order chi connectivity index (χ0) is 18.3. The van der Waals surface area contributed by atoms with Crippen molar-refractivity contribution in [2.24, 2.45) is 11.8 Å². The van der Waals surface area contributed by atoms with Crippen LogP contribution in [0.25, 0.3) is 0 Å². The Hall–Kier alpha value is -1.56. The van der Waals surface area contributed by atoms with E-state index in [0.717, 1.165) is 4.90 Å². The molecule has 8 heteroatoms. The highest BCUT2D eigenvalue weighted by Gasteiger charge is 2.51. The van der Waals surface area contributed by atoms with E-state index in [0.29, 0.717) is 33.6 Å². The smallest absolute Gasteiger partial charge is 0.247 e. The summed E-state index contributed by atoms with van der Waals surface area (Å²) >= 11 is 17.8. The minimum atomic E-state index is -0.932. The Kier molecular flexibility index (Phi) is 5.09. The molecule has 1 fully saturated rings. The van der Waals surface area contributed by atoms with Crippen molar-refractivity contribution >= 4 is 58.2 Å². The van der Waals surface area contributed by atoms with E-state index >= 15 is 0 Å². The second-order valence-corrected chi connectivity index (χ2v) is 7.44. The Bertz CT molecular complexity index is 793. The van der Waals surface area contributed by atoms with Crippen molar-refractivity contribution in [2.75, 3.05) is 5.32 Å². The normalized spacial score (nSPS) is 24.0. The third kappa shape index (κ3) is 3.41. The molecule has 1 N–H and O–H groups in total. The number of allylic oxidation sites excluding steroid dienone is 2. The van der Waals surface area contributed by atoms with Gasteiger partial charge in [-0.05, 0) is 38.0 Å². The van der Waals surface area contributed by atoms with Crippen molar-refractivity contribution < 1.29 is 14.4 Å². The number of fused-ring (bicyclic) bond motifs is 1. The molecule has 3 amide bonds. The van der Waals surface area contributed by atoms with Crippen LogP contribution in [0, 0.1) is 11.8 Å². The van der Waals surface area contributed by atoms with Gasteiger partial charge in [0.05, 0.1) is 21.9 Å². The predicted octanol–water partition coefficient (Wildman–Crippen LogP) is 3.84. The van der Waals surface area contributed by atoms with Gasteiger partial charge in [0.1, 0.15) is 6.04 Å². The molecule has 0 spiro atoms. The van der Waals surface area contributed by atoms with Crippen molar-refractivity contribution in [1.82, 2.24) is 4.90 Å². The summed E-state index contributed by atoms with van der Waals surface area (Å²) in [6.07, 6.45) is 2.53. The van der Waals surface area contributed by atoms with Crippen molar-refractivity contribution in [2.45, 2.75) is 25.8 Å². The summed E-state index contributed by atoms with van der Waals surface area (Å²) in [7, 11) is 0. The van der Waals surface area contributed by atoms with Gasteiger partial charge in [0.25, 0.3) is 0 Å². The number of halogens is 3. The van der Waals surface area contributed by atoms with Gasteiger partial charge in [0, 0.05) is 10.7 Å². The lowest BCUT2D eigenvalue weighted by Gasteiger charge is -2.22. The number of nitrogens with zero attached hydrogens (tertiary/aromatic N) is 1. The number of nitrogens with one attached hydrogen (secondary N) is 1. The first-order valence-corrected chi connectivity index (χ1v) is 8.90. The van der Waals surface area contributed by atoms with Crippen LogP contribution in [-0.2, 0) is 14.4 Å². The Morgan fingerprint density at radius 3 is 2.52 bits per heavy atom. The molecule has 0 bridgehead atoms. The van der Waals surface area contributed by atoms with Crippen LogP contribution in [0.3, 0.4) is 0 Å². The summed E-state index contributed by atoms with van der Waals surface area (Å²) in [5.41, 5.74) is 0.437. The molecule has 1 heterocycles. The Morgan fingerprint density at radius 2 is 1.84 bits per heavy atom. The number of carbonyl (C=O) groups is 3. The maximum atomic E-state index is 12.6. The third-order valence-electron chi connectivity index (χ3n) is 4.56. The molecule has 0 saturated carbocycles. The van der Waals surface area contributed by atoms with Gasteiger partial charge in [-0.25, -0.2) is 0 Å². The van der Waals surface area contributed by atoms with Crippen molar-refractivity contribution in [3.8, 4) is 0 Å². The fraction of sp³-hybridized carbons (Fsp3) is 0.353. The van der Waals surface area contributed by atoms with E-state index in [1.807, 2.05) is 0 Å². The van der Waals surface area contributed by atoms with Crippen LogP contribution in [0.1, 0.15) is 19.8 Å². The maximum absolute atomic E-state index is 12.6. The summed E-state index contributed by atoms with van der Waals surface area (Å²) < 4.78 is 0. The minimum absolute atomic E-state index is 0.298. The van der Waals surface area contributed by atoms with Gasteiger partial charge in [0.15, 0.2) is 0 Å². The monoisotopic (exact) mass is 400 g/mol. The zero-order valence-corrected chi connectivity index (χ0v) is 15.5. The average molecular weight is 402 g/mol. The summed E-state index contributed by atoms with van der Waals surface area (Å²) in [6.45, 7) is 1.52. The quantitative estimate of drug-likeness (QED) is 0.783. The number of benzene rings is 1. The average Bonchev–Trinajstić information content (AvgIpc) is 2.81. The van der Waals surface area contributed by atoms with Crippen LogP contribution in [0.4, 0.5) is 5.69 Å². The van der Waals surface area contributed by atoms with Gasteiger partial charge in [-0.3, -0.25) is 19.3 Å². The Balaban J connectivity index is 1.75. The highest BCUT2D eigenvalue weighted by atomic mass is 35.5. The summed E-state index contributed by atoms with van der Waals surface area (Å²) in [4.78, 5) is 38.7. The minimum Gasteiger partial charge on any atom is -0.324 e. The largest absolute Gasteiger partial charge is 0.324 e. The molecule has 1 aliphatic heterocycles. The first-order valence-electron chi connectivity index (χ1n) is 7.77. The fourth-order valence-electron chi connectivity index (χ4n) is 3.17. The molecule has 2 aliphatic rings. The molecule has 3 atom stereocenters. The number of imide groups is 1. The van der Waals surface area contributed by atoms with Crippen molar-refractivity contribution in [3.63, 3.8) is 0 Å². The number of rotatable bonds is 3. The molecule has 1 aromatic carbocycles. The van der Waals surface area contributed by atoms with Gasteiger partial charge in [-0.1, -0.05) is 40.9 Å². The number of amides is 3. The molecule has 5 nitrogen and oxygen atoms in total. The highest BCUT2D eigenvalue weighted by Crippen LogP contribution is 2.39. The second kappa shape index (κ2) is 6.98. The van der Waals surface area contributed by atoms with Crippen LogP contribution >= 0.6 is 34.8 Å². The van der Waals surface area contributed by atoms with Gasteiger partial charge in [0.2, 0.25) is 17.7 Å². The van der Waals surface area contributed by atoms with E-state index in [1.54, 1.807) is 18.2 Å². The highest BCUT2D eigenvalue weighted by molar-refractivity contribution is 6.42. The van der Waals surface area contributed by atoms with Crippen molar-refractivity contribution in [1.29, 1.82) is 0 Å². The predicted molar refractivity (Wildman–Crippen MR) is 96.6 cm³/mol. The first kappa shape index (κ1) is 18.2. The molecular formula is C17H15Cl3N2O3. The van der Waals surface area contributed by atoms with E-state index in [2.05, 4.69) is 5.32 Å². The molecular weight excluding hydrogens is 387 g/mol. The molecule has 0 aromatic heterocycles. The number of hydrogen-bond donors (Lipinski definition) is 1. The third-order valence-corrected chi connectivity index (χ3v) is 5.60. The number of likely N-dealkylation sites (tertiary alicyclic amines) is 1. The van der Waals surface area contributed by atoms with Crippen LogP contribution in [0.2, 0.25) is 10.0 Å². The molecule has 0 unspecified atom stereocenters. The molecule has 3 rings (SSSR count). The number of carbonyl (C=O) groups excluding carboxylic acids is 3. The van der Waals surface area contributed by atoms with Crippen LogP contribution < -0.4 is 5.32 Å². The molecule has 132 valence electrons. The zero-order valence-electron chi connectivity index (χ0n) is 13.3. The fourth-order valence-corrected chi connectivity index (χ4v) is 3.73. The lowest BCUT2D eigenvalue weighted by molar-refractivity contribution is -0.146. The standard InChI is InChI=1S/C17H15Cl3N2O3/c1-8(15(23)21-10-3-5-13(19)14(20)7-10)22-16(24)11-4-2-9(18)6-12(11)17(22)25/h2-3,5,7-8,11-12H,4,6H2,1H3,(H,21,23)/t8-,11+,12+/m1/s1. The van der Waals surface area contributed by atoms with Gasteiger partial charge < -0.3 is 5.32 Å². The Morgan fingerprint density at radius 1 is 1.16 bits per heavy atom. The topological polar surface area (TPSA) is 66.5 Å². The summed E-state index contributed by atoms with van der Waals surface area (Å²) in [5, 5.41) is 3.90. The van der Waals surface area contributed by atoms with Gasteiger partial charge in [-0.15, -0.1) is 0 Å². The van der Waals surface area contributed by atoms with Crippen LogP contribution in [0.15, 0.2) is 29.3 Å². The lowest BCUT2D eigenvalue weighted by atomic mass is 9.85. The van der Waals surface area contributed by atoms with Crippen LogP contribution in [0.5, 0.6) is 0 Å². The summed E-state index contributed by atoms with van der Waals surface area (Å²) in [5.74, 6) is -2.07. The van der Waals surface area contributed by atoms with Crippen LogP contribution in [-0.4, -0.2) is 28.7 Å². The molecule has 1 aliphatic carbocycles. The van der Waals surface area contributed by atoms with Gasteiger partial charge >= 0.3 is 0 Å². The molecule has 1 aromatic rings. The number of hydrogen-bond acceptors (Lipinski definition) is 3. The number of anilines is 1. The Labute approximate surface area is 159 Å². The second-order valence-electron chi connectivity index (χ2n) is 6.14. The SMILES string of the molecule is C[C@H](C(=O)Nc1ccc(Cl)c(Cl)c1)N1C(=O)[C@H]2CC=C(Cl)C[C@@H]2C1=O. The maximum Gasteiger partial charge on any atom is 0.247 e. The van der Waals surface area contributed by atoms with E-state index in [1.165, 1.54) is 13.0 Å². The van der Waals surface area contributed by atoms with E-state index in [-0.39, 0.29) is 11.8 Å². The van der Waals surface area contributed by atoms with Crippen molar-refractivity contribution in [3.05, 3.63) is 39.4 Å².